The normalized spacial score (nSPS) is 11.9. The van der Waals surface area contributed by atoms with Crippen molar-refractivity contribution in [3.05, 3.63) is 29.8 Å². The third-order valence-corrected chi connectivity index (χ3v) is 2.07. The SMILES string of the molecule is CCOC(=O)C(N)c1cccc(OCC)c1. The predicted molar refractivity (Wildman–Crippen MR) is 61.2 cm³/mol. The monoisotopic (exact) mass is 223 g/mol. The average molecular weight is 223 g/mol. The molecule has 0 aliphatic heterocycles. The Kier molecular flexibility index (Phi) is 4.79. The molecule has 1 atom stereocenters. The van der Waals surface area contributed by atoms with E-state index in [0.29, 0.717) is 24.5 Å². The second-order valence-corrected chi connectivity index (χ2v) is 3.24. The summed E-state index contributed by atoms with van der Waals surface area (Å²) in [5.41, 5.74) is 6.46. The molecule has 0 amide bonds. The van der Waals surface area contributed by atoms with Gasteiger partial charge >= 0.3 is 5.97 Å². The lowest BCUT2D eigenvalue weighted by molar-refractivity contribution is -0.144. The zero-order chi connectivity index (χ0) is 12.0. The van der Waals surface area contributed by atoms with Gasteiger partial charge in [0.1, 0.15) is 11.8 Å². The van der Waals surface area contributed by atoms with Crippen molar-refractivity contribution >= 4 is 5.97 Å². The topological polar surface area (TPSA) is 61.5 Å². The minimum absolute atomic E-state index is 0.331. The van der Waals surface area contributed by atoms with Gasteiger partial charge < -0.3 is 15.2 Å². The number of carbonyl (C=O) groups excluding carboxylic acids is 1. The third kappa shape index (κ3) is 3.24. The van der Waals surface area contributed by atoms with Crippen LogP contribution in [0.25, 0.3) is 0 Å². The maximum absolute atomic E-state index is 11.4. The highest BCUT2D eigenvalue weighted by molar-refractivity contribution is 5.77. The van der Waals surface area contributed by atoms with Crippen LogP contribution in [0, 0.1) is 0 Å². The van der Waals surface area contributed by atoms with Crippen molar-refractivity contribution in [1.82, 2.24) is 0 Å². The number of benzene rings is 1. The Bertz CT molecular complexity index is 352. The maximum Gasteiger partial charge on any atom is 0.327 e. The minimum atomic E-state index is -0.750. The summed E-state index contributed by atoms with van der Waals surface area (Å²) in [5, 5.41) is 0. The first-order valence-electron chi connectivity index (χ1n) is 5.34. The molecule has 1 rings (SSSR count). The average Bonchev–Trinajstić information content (AvgIpc) is 2.29. The summed E-state index contributed by atoms with van der Waals surface area (Å²) >= 11 is 0. The van der Waals surface area contributed by atoms with Gasteiger partial charge in [0, 0.05) is 0 Å². The van der Waals surface area contributed by atoms with Gasteiger partial charge in [-0.15, -0.1) is 0 Å². The number of rotatable bonds is 5. The van der Waals surface area contributed by atoms with Crippen LogP contribution in [-0.2, 0) is 9.53 Å². The number of carbonyl (C=O) groups is 1. The molecule has 0 saturated heterocycles. The zero-order valence-corrected chi connectivity index (χ0v) is 9.60. The Morgan fingerprint density at radius 3 is 2.75 bits per heavy atom. The largest absolute Gasteiger partial charge is 0.494 e. The van der Waals surface area contributed by atoms with Crippen LogP contribution in [0.4, 0.5) is 0 Å². The van der Waals surface area contributed by atoms with Crippen molar-refractivity contribution in [2.24, 2.45) is 5.73 Å². The Morgan fingerprint density at radius 2 is 2.12 bits per heavy atom. The van der Waals surface area contributed by atoms with E-state index in [1.165, 1.54) is 0 Å². The zero-order valence-electron chi connectivity index (χ0n) is 9.60. The van der Waals surface area contributed by atoms with Gasteiger partial charge in [-0.05, 0) is 31.5 Å². The fraction of sp³-hybridized carbons (Fsp3) is 0.417. The molecule has 0 aromatic heterocycles. The molecular weight excluding hydrogens is 206 g/mol. The second-order valence-electron chi connectivity index (χ2n) is 3.24. The van der Waals surface area contributed by atoms with E-state index >= 15 is 0 Å². The molecule has 0 bridgehead atoms. The van der Waals surface area contributed by atoms with Gasteiger partial charge in [-0.3, -0.25) is 0 Å². The van der Waals surface area contributed by atoms with Gasteiger partial charge in [-0.1, -0.05) is 12.1 Å². The summed E-state index contributed by atoms with van der Waals surface area (Å²) in [5.74, 6) is 0.288. The summed E-state index contributed by atoms with van der Waals surface area (Å²) in [6, 6.07) is 6.42. The Labute approximate surface area is 95.3 Å². The molecule has 1 aromatic rings. The standard InChI is InChI=1S/C12H17NO3/c1-3-15-10-7-5-6-9(8-10)11(13)12(14)16-4-2/h5-8,11H,3-4,13H2,1-2H3. The molecule has 0 aliphatic rings. The van der Waals surface area contributed by atoms with Gasteiger partial charge in [0.15, 0.2) is 0 Å². The van der Waals surface area contributed by atoms with E-state index in [1.54, 1.807) is 25.1 Å². The van der Waals surface area contributed by atoms with Crippen LogP contribution in [0.2, 0.25) is 0 Å². The van der Waals surface area contributed by atoms with Crippen LogP contribution in [-0.4, -0.2) is 19.2 Å². The lowest BCUT2D eigenvalue weighted by Gasteiger charge is -2.12. The number of ether oxygens (including phenoxy) is 2. The van der Waals surface area contributed by atoms with Crippen LogP contribution < -0.4 is 10.5 Å². The molecule has 0 heterocycles. The highest BCUT2D eigenvalue weighted by Gasteiger charge is 2.17. The summed E-state index contributed by atoms with van der Waals surface area (Å²) in [7, 11) is 0. The fourth-order valence-electron chi connectivity index (χ4n) is 1.33. The van der Waals surface area contributed by atoms with E-state index in [1.807, 2.05) is 13.0 Å². The molecule has 88 valence electrons. The number of esters is 1. The van der Waals surface area contributed by atoms with Gasteiger partial charge in [-0.25, -0.2) is 4.79 Å². The molecule has 4 nitrogen and oxygen atoms in total. The summed E-state index contributed by atoms with van der Waals surface area (Å²) in [6.45, 7) is 4.56. The molecule has 0 saturated carbocycles. The van der Waals surface area contributed by atoms with Crippen molar-refractivity contribution in [3.8, 4) is 5.75 Å². The molecule has 16 heavy (non-hydrogen) atoms. The van der Waals surface area contributed by atoms with Crippen LogP contribution in [0.3, 0.4) is 0 Å². The van der Waals surface area contributed by atoms with Crippen molar-refractivity contribution in [1.29, 1.82) is 0 Å². The first-order chi connectivity index (χ1) is 7.69. The minimum Gasteiger partial charge on any atom is -0.494 e. The summed E-state index contributed by atoms with van der Waals surface area (Å²) < 4.78 is 10.2. The van der Waals surface area contributed by atoms with Crippen molar-refractivity contribution < 1.29 is 14.3 Å². The first kappa shape index (κ1) is 12.5. The van der Waals surface area contributed by atoms with E-state index in [0.717, 1.165) is 0 Å². The van der Waals surface area contributed by atoms with E-state index in [9.17, 15) is 4.79 Å². The Morgan fingerprint density at radius 1 is 1.38 bits per heavy atom. The van der Waals surface area contributed by atoms with Crippen LogP contribution in [0.15, 0.2) is 24.3 Å². The van der Waals surface area contributed by atoms with Crippen molar-refractivity contribution in [2.75, 3.05) is 13.2 Å². The van der Waals surface area contributed by atoms with Crippen LogP contribution >= 0.6 is 0 Å². The predicted octanol–water partition coefficient (Wildman–Crippen LogP) is 1.65. The number of hydrogen-bond donors (Lipinski definition) is 1. The Balaban J connectivity index is 2.78. The lowest BCUT2D eigenvalue weighted by Crippen LogP contribution is -2.23. The molecule has 1 aromatic carbocycles. The lowest BCUT2D eigenvalue weighted by atomic mass is 10.1. The smallest absolute Gasteiger partial charge is 0.327 e. The quantitative estimate of drug-likeness (QED) is 0.771. The van der Waals surface area contributed by atoms with E-state index in [2.05, 4.69) is 0 Å². The number of hydrogen-bond acceptors (Lipinski definition) is 4. The van der Waals surface area contributed by atoms with Gasteiger partial charge in [0.05, 0.1) is 13.2 Å². The number of nitrogens with two attached hydrogens (primary N) is 1. The first-order valence-corrected chi connectivity index (χ1v) is 5.34. The van der Waals surface area contributed by atoms with Crippen LogP contribution in [0.5, 0.6) is 5.75 Å². The van der Waals surface area contributed by atoms with Crippen LogP contribution in [0.1, 0.15) is 25.5 Å². The molecule has 1 unspecified atom stereocenters. The van der Waals surface area contributed by atoms with Gasteiger partial charge in [-0.2, -0.15) is 0 Å². The van der Waals surface area contributed by atoms with E-state index in [-0.39, 0.29) is 0 Å². The summed E-state index contributed by atoms with van der Waals surface area (Å²) in [4.78, 5) is 11.4. The molecule has 4 heteroatoms. The highest BCUT2D eigenvalue weighted by atomic mass is 16.5. The Hall–Kier alpha value is -1.55. The van der Waals surface area contributed by atoms with Gasteiger partial charge in [0.25, 0.3) is 0 Å². The molecule has 0 spiro atoms. The van der Waals surface area contributed by atoms with Crippen molar-refractivity contribution in [2.45, 2.75) is 19.9 Å². The molecule has 0 aliphatic carbocycles. The second kappa shape index (κ2) is 6.12. The maximum atomic E-state index is 11.4. The van der Waals surface area contributed by atoms with Gasteiger partial charge in [0.2, 0.25) is 0 Å². The van der Waals surface area contributed by atoms with E-state index < -0.39 is 12.0 Å². The summed E-state index contributed by atoms with van der Waals surface area (Å²) in [6.07, 6.45) is 0. The fourth-order valence-corrected chi connectivity index (χ4v) is 1.33. The molecule has 0 radical (unpaired) electrons. The molecule has 2 N–H and O–H groups in total. The highest BCUT2D eigenvalue weighted by Crippen LogP contribution is 2.18. The molecular formula is C12H17NO3. The van der Waals surface area contributed by atoms with E-state index in [4.69, 9.17) is 15.2 Å². The van der Waals surface area contributed by atoms with Crippen molar-refractivity contribution in [3.63, 3.8) is 0 Å². The third-order valence-electron chi connectivity index (χ3n) is 2.07. The molecule has 0 fully saturated rings.